The van der Waals surface area contributed by atoms with Gasteiger partial charge in [-0.05, 0) is 19.3 Å². The zero-order chi connectivity index (χ0) is 61.9. The van der Waals surface area contributed by atoms with Gasteiger partial charge in [-0.15, -0.1) is 0 Å². The minimum Gasteiger partial charge on any atom is -0.394 e. The van der Waals surface area contributed by atoms with Gasteiger partial charge in [0.2, 0.25) is 5.91 Å². The fourth-order valence-corrected chi connectivity index (χ4v) is 12.0. The molecule has 3 aliphatic heterocycles. The molecule has 3 fully saturated rings. The fourth-order valence-electron chi connectivity index (χ4n) is 12.0. The van der Waals surface area contributed by atoms with E-state index in [1.165, 1.54) is 199 Å². The lowest BCUT2D eigenvalue weighted by Crippen LogP contribution is -2.66. The van der Waals surface area contributed by atoms with Crippen LogP contribution in [-0.2, 0) is 33.2 Å². The highest BCUT2D eigenvalue weighted by Gasteiger charge is 2.53. The van der Waals surface area contributed by atoms with Gasteiger partial charge in [0.1, 0.15) is 73.2 Å². The maximum atomic E-state index is 13.3. The van der Waals surface area contributed by atoms with Gasteiger partial charge in [-0.1, -0.05) is 257 Å². The topological polar surface area (TPSA) is 307 Å². The van der Waals surface area contributed by atoms with Crippen LogP contribution in [0, 0.1) is 0 Å². The van der Waals surface area contributed by atoms with E-state index in [-0.39, 0.29) is 18.9 Å². The first-order valence-electron chi connectivity index (χ1n) is 34.4. The molecule has 0 aromatic carbocycles. The Kier molecular flexibility index (Phi) is 45.1. The van der Waals surface area contributed by atoms with E-state index in [9.17, 15) is 61.0 Å². The number of aliphatic hydroxyl groups excluding tert-OH is 11. The third-order valence-corrected chi connectivity index (χ3v) is 17.6. The highest BCUT2D eigenvalue weighted by molar-refractivity contribution is 5.76. The van der Waals surface area contributed by atoms with E-state index >= 15 is 0 Å². The van der Waals surface area contributed by atoms with Crippen LogP contribution in [0.4, 0.5) is 0 Å². The predicted octanol–water partition coefficient (Wildman–Crippen LogP) is 8.50. The summed E-state index contributed by atoms with van der Waals surface area (Å²) in [7, 11) is 0. The monoisotopic (exact) mass is 1220 g/mol. The Balaban J connectivity index is 1.36. The van der Waals surface area contributed by atoms with Crippen LogP contribution in [0.1, 0.15) is 271 Å². The molecule has 0 aliphatic carbocycles. The van der Waals surface area contributed by atoms with Crippen LogP contribution in [0.5, 0.6) is 0 Å². The van der Waals surface area contributed by atoms with Crippen LogP contribution in [0.2, 0.25) is 0 Å². The highest BCUT2D eigenvalue weighted by atomic mass is 16.8. The summed E-state index contributed by atoms with van der Waals surface area (Å²) < 4.78 is 34.3. The van der Waals surface area contributed by atoms with E-state index < -0.39 is 124 Å². The summed E-state index contributed by atoms with van der Waals surface area (Å²) in [5.74, 6) is -0.276. The van der Waals surface area contributed by atoms with Crippen molar-refractivity contribution in [2.75, 3.05) is 26.4 Å². The van der Waals surface area contributed by atoms with Crippen molar-refractivity contribution in [1.29, 1.82) is 0 Å². The molecule has 0 spiro atoms. The largest absolute Gasteiger partial charge is 0.394 e. The molecule has 502 valence electrons. The number of hydrogen-bond donors (Lipinski definition) is 12. The number of amides is 1. The second-order valence-electron chi connectivity index (χ2n) is 25.0. The second kappa shape index (κ2) is 49.3. The Morgan fingerprint density at radius 2 is 0.729 bits per heavy atom. The lowest BCUT2D eigenvalue weighted by molar-refractivity contribution is -0.379. The quantitative estimate of drug-likeness (QED) is 0.0201. The van der Waals surface area contributed by atoms with Crippen LogP contribution < -0.4 is 5.32 Å². The molecular formula is C66H125NO18. The van der Waals surface area contributed by atoms with E-state index in [4.69, 9.17) is 28.4 Å². The number of rotatable bonds is 53. The summed E-state index contributed by atoms with van der Waals surface area (Å²) in [5, 5.41) is 120. The van der Waals surface area contributed by atoms with Crippen molar-refractivity contribution in [3.63, 3.8) is 0 Å². The molecule has 12 N–H and O–H groups in total. The number of carbonyl (C=O) groups excluding carboxylic acids is 1. The average molecular weight is 1220 g/mol. The van der Waals surface area contributed by atoms with E-state index in [2.05, 4.69) is 19.2 Å². The Morgan fingerprint density at radius 3 is 1.11 bits per heavy atom. The molecule has 19 nitrogen and oxygen atoms in total. The molecule has 0 radical (unpaired) electrons. The van der Waals surface area contributed by atoms with E-state index in [1.54, 1.807) is 6.08 Å². The minimum absolute atomic E-state index is 0.247. The van der Waals surface area contributed by atoms with Gasteiger partial charge < -0.3 is 89.9 Å². The molecular weight excluding hydrogens is 1090 g/mol. The average Bonchev–Trinajstić information content (AvgIpc) is 3.50. The first kappa shape index (κ1) is 77.8. The zero-order valence-electron chi connectivity index (χ0n) is 52.9. The van der Waals surface area contributed by atoms with Crippen molar-refractivity contribution in [3.05, 3.63) is 12.2 Å². The molecule has 19 heteroatoms. The SMILES string of the molecule is CCCCCCCCCCCCCCCCCCCCCCCCCCCCCCC/C=C/C(O)C(COC1OC(CO)C(OC2OC(CO)C(OC3OC(CO)C(O)C(O)C3O)C(O)C2O)C(O)C1O)NC(=O)CCCCCCCCCCC. The number of hydrogen-bond acceptors (Lipinski definition) is 18. The predicted molar refractivity (Wildman–Crippen MR) is 328 cm³/mol. The maximum absolute atomic E-state index is 13.3. The van der Waals surface area contributed by atoms with Crippen LogP contribution >= 0.6 is 0 Å². The number of allylic oxidation sites excluding steroid dienone is 1. The molecule has 3 saturated heterocycles. The fraction of sp³-hybridized carbons (Fsp3) is 0.955. The van der Waals surface area contributed by atoms with Crippen LogP contribution in [0.25, 0.3) is 0 Å². The first-order chi connectivity index (χ1) is 41.3. The van der Waals surface area contributed by atoms with Crippen molar-refractivity contribution in [3.8, 4) is 0 Å². The highest BCUT2D eigenvalue weighted by Crippen LogP contribution is 2.33. The zero-order valence-corrected chi connectivity index (χ0v) is 52.9. The molecule has 1 amide bonds. The standard InChI is InChI=1S/C66H125NO18/c1-3-5-7-9-11-13-14-15-16-17-18-19-20-21-22-23-24-25-26-27-28-29-30-31-32-33-34-36-37-39-41-43-50(71)49(67-54(72)44-42-40-38-35-12-10-8-6-4-2)48-80-64-60(78)57(75)62(52(46-69)82-64)85-66-61(79)58(76)63(53(47-70)83-66)84-65-59(77)56(74)55(73)51(45-68)81-65/h41,43,49-53,55-66,68-71,73-79H,3-40,42,44-48H2,1-2H3,(H,67,72)/b43-41+. The maximum Gasteiger partial charge on any atom is 0.220 e. The summed E-state index contributed by atoms with van der Waals surface area (Å²) in [5.41, 5.74) is 0. The van der Waals surface area contributed by atoms with Gasteiger partial charge in [-0.3, -0.25) is 4.79 Å². The molecule has 0 saturated carbocycles. The number of carbonyl (C=O) groups is 1. The van der Waals surface area contributed by atoms with E-state index in [0.29, 0.717) is 6.42 Å². The molecule has 0 aromatic heterocycles. The van der Waals surface area contributed by atoms with Gasteiger partial charge in [0.25, 0.3) is 0 Å². The van der Waals surface area contributed by atoms with Crippen molar-refractivity contribution in [1.82, 2.24) is 5.32 Å². The Hall–Kier alpha value is -1.47. The minimum atomic E-state index is -1.97. The van der Waals surface area contributed by atoms with E-state index in [1.807, 2.05) is 6.08 Å². The number of aliphatic hydroxyl groups is 11. The Labute approximate surface area is 512 Å². The third kappa shape index (κ3) is 31.9. The summed E-state index contributed by atoms with van der Waals surface area (Å²) in [6, 6.07) is -0.966. The summed E-state index contributed by atoms with van der Waals surface area (Å²) in [6.07, 6.45) is 26.7. The van der Waals surface area contributed by atoms with Crippen molar-refractivity contribution in [2.45, 2.75) is 375 Å². The third-order valence-electron chi connectivity index (χ3n) is 17.6. The molecule has 85 heavy (non-hydrogen) atoms. The first-order valence-corrected chi connectivity index (χ1v) is 34.4. The summed E-state index contributed by atoms with van der Waals surface area (Å²) in [6.45, 7) is 1.72. The molecule has 17 atom stereocenters. The van der Waals surface area contributed by atoms with Crippen molar-refractivity contribution >= 4 is 5.91 Å². The van der Waals surface area contributed by atoms with Gasteiger partial charge in [-0.25, -0.2) is 0 Å². The molecule has 17 unspecified atom stereocenters. The molecule has 0 aromatic rings. The summed E-state index contributed by atoms with van der Waals surface area (Å²) >= 11 is 0. The number of unbranched alkanes of at least 4 members (excludes halogenated alkanes) is 37. The van der Waals surface area contributed by atoms with Crippen LogP contribution in [0.3, 0.4) is 0 Å². The number of nitrogens with one attached hydrogen (secondary N) is 1. The molecule has 0 bridgehead atoms. The van der Waals surface area contributed by atoms with Crippen molar-refractivity contribution in [2.24, 2.45) is 0 Å². The van der Waals surface area contributed by atoms with Gasteiger partial charge in [0, 0.05) is 6.42 Å². The molecule has 3 heterocycles. The molecule has 3 rings (SSSR count). The summed E-state index contributed by atoms with van der Waals surface area (Å²) in [4.78, 5) is 13.3. The molecule has 3 aliphatic rings. The number of ether oxygens (including phenoxy) is 6. The Morgan fingerprint density at radius 1 is 0.412 bits per heavy atom. The second-order valence-corrected chi connectivity index (χ2v) is 25.0. The lowest BCUT2D eigenvalue weighted by Gasteiger charge is -2.48. The van der Waals surface area contributed by atoms with Gasteiger partial charge in [0.15, 0.2) is 18.9 Å². The normalized spacial score (nSPS) is 29.0. The lowest BCUT2D eigenvalue weighted by atomic mass is 9.96. The Bertz CT molecular complexity index is 1600. The van der Waals surface area contributed by atoms with Crippen molar-refractivity contribution < 1.29 is 89.4 Å². The smallest absolute Gasteiger partial charge is 0.220 e. The van der Waals surface area contributed by atoms with Gasteiger partial charge in [0.05, 0.1) is 38.6 Å². The van der Waals surface area contributed by atoms with Gasteiger partial charge in [-0.2, -0.15) is 0 Å². The van der Waals surface area contributed by atoms with E-state index in [0.717, 1.165) is 44.9 Å². The van der Waals surface area contributed by atoms with Gasteiger partial charge >= 0.3 is 0 Å². The van der Waals surface area contributed by atoms with Crippen LogP contribution in [0.15, 0.2) is 12.2 Å². The van der Waals surface area contributed by atoms with Crippen LogP contribution in [-0.4, -0.2) is 193 Å².